The Balaban J connectivity index is 1.66. The molecule has 2 aliphatic rings. The fraction of sp³-hybridized carbons (Fsp3) is 0.750. The van der Waals surface area contributed by atoms with E-state index in [1.807, 2.05) is 6.92 Å². The van der Waals surface area contributed by atoms with Gasteiger partial charge in [-0.1, -0.05) is 6.42 Å². The molecule has 1 saturated carbocycles. The second-order valence-corrected chi connectivity index (χ2v) is 6.20. The van der Waals surface area contributed by atoms with E-state index < -0.39 is 0 Å². The minimum atomic E-state index is 0.407. The zero-order chi connectivity index (χ0) is 13.2. The summed E-state index contributed by atoms with van der Waals surface area (Å²) in [5, 5.41) is 3.67. The van der Waals surface area contributed by atoms with Gasteiger partial charge in [0.2, 0.25) is 0 Å². The summed E-state index contributed by atoms with van der Waals surface area (Å²) < 4.78 is 5.83. The molecule has 2 unspecified atom stereocenters. The van der Waals surface area contributed by atoms with Crippen LogP contribution in [0.4, 0.5) is 0 Å². The van der Waals surface area contributed by atoms with Gasteiger partial charge in [0, 0.05) is 18.6 Å². The lowest BCUT2D eigenvalue weighted by Crippen LogP contribution is -2.45. The Morgan fingerprint density at radius 1 is 1.32 bits per heavy atom. The van der Waals surface area contributed by atoms with Crippen LogP contribution in [0, 0.1) is 6.92 Å². The molecule has 1 aromatic rings. The highest BCUT2D eigenvalue weighted by atomic mass is 16.3. The maximum absolute atomic E-state index is 5.83. The van der Waals surface area contributed by atoms with Crippen LogP contribution in [0.25, 0.3) is 0 Å². The average molecular weight is 262 g/mol. The van der Waals surface area contributed by atoms with Crippen LogP contribution in [0.5, 0.6) is 0 Å². The Bertz CT molecular complexity index is 405. The first-order valence-corrected chi connectivity index (χ1v) is 7.79. The molecule has 3 rings (SSSR count). The van der Waals surface area contributed by atoms with Crippen molar-refractivity contribution in [2.24, 2.45) is 0 Å². The Labute approximate surface area is 116 Å². The van der Waals surface area contributed by atoms with Crippen LogP contribution in [0.2, 0.25) is 0 Å². The number of hydrogen-bond donors (Lipinski definition) is 1. The number of furan rings is 1. The number of rotatable bonds is 5. The normalized spacial score (nSPS) is 25.7. The first-order valence-electron chi connectivity index (χ1n) is 7.79. The molecule has 1 aliphatic carbocycles. The second-order valence-electron chi connectivity index (χ2n) is 6.20. The monoisotopic (exact) mass is 262 g/mol. The highest BCUT2D eigenvalue weighted by molar-refractivity contribution is 5.10. The van der Waals surface area contributed by atoms with E-state index in [-0.39, 0.29) is 0 Å². The van der Waals surface area contributed by atoms with Crippen molar-refractivity contribution in [3.8, 4) is 0 Å². The molecule has 106 valence electrons. The lowest BCUT2D eigenvalue weighted by atomic mass is 10.0. The molecule has 3 nitrogen and oxygen atoms in total. The maximum Gasteiger partial charge on any atom is 0.121 e. The van der Waals surface area contributed by atoms with Gasteiger partial charge in [-0.15, -0.1) is 0 Å². The summed E-state index contributed by atoms with van der Waals surface area (Å²) in [6.45, 7) is 6.68. The van der Waals surface area contributed by atoms with Gasteiger partial charge in [0.1, 0.15) is 11.5 Å². The SMILES string of the molecule is Cc1ccc(C(C)N(CC2CCCCN2)C2CC2)o1. The standard InChI is InChI=1S/C16H26N2O/c1-12-6-9-16(19-12)13(2)18(15-7-8-15)11-14-5-3-4-10-17-14/h6,9,13-15,17H,3-5,7-8,10-11H2,1-2H3. The van der Waals surface area contributed by atoms with Crippen LogP contribution in [-0.2, 0) is 0 Å². The number of nitrogens with zero attached hydrogens (tertiary/aromatic N) is 1. The minimum Gasteiger partial charge on any atom is -0.465 e. The molecule has 19 heavy (non-hydrogen) atoms. The van der Waals surface area contributed by atoms with Crippen LogP contribution in [0.15, 0.2) is 16.5 Å². The van der Waals surface area contributed by atoms with Gasteiger partial charge in [0.25, 0.3) is 0 Å². The third kappa shape index (κ3) is 3.21. The lowest BCUT2D eigenvalue weighted by molar-refractivity contribution is 0.150. The van der Waals surface area contributed by atoms with E-state index in [9.17, 15) is 0 Å². The quantitative estimate of drug-likeness (QED) is 0.883. The van der Waals surface area contributed by atoms with E-state index in [1.165, 1.54) is 45.2 Å². The van der Waals surface area contributed by atoms with Crippen molar-refractivity contribution < 1.29 is 4.42 Å². The fourth-order valence-corrected chi connectivity index (χ4v) is 3.21. The van der Waals surface area contributed by atoms with Gasteiger partial charge in [-0.05, 0) is 58.2 Å². The molecule has 0 aromatic carbocycles. The van der Waals surface area contributed by atoms with E-state index in [0.717, 1.165) is 17.6 Å². The van der Waals surface area contributed by atoms with Crippen molar-refractivity contribution in [3.05, 3.63) is 23.7 Å². The molecule has 0 radical (unpaired) electrons. The van der Waals surface area contributed by atoms with Gasteiger partial charge in [-0.25, -0.2) is 0 Å². The number of aryl methyl sites for hydroxylation is 1. The van der Waals surface area contributed by atoms with Crippen molar-refractivity contribution in [1.29, 1.82) is 0 Å². The molecule has 0 amide bonds. The third-order valence-corrected chi connectivity index (χ3v) is 4.53. The zero-order valence-corrected chi connectivity index (χ0v) is 12.2. The largest absolute Gasteiger partial charge is 0.465 e. The molecule has 1 aliphatic heterocycles. The number of piperidine rings is 1. The molecular formula is C16H26N2O. The number of hydrogen-bond acceptors (Lipinski definition) is 3. The van der Waals surface area contributed by atoms with E-state index in [2.05, 4.69) is 29.3 Å². The fourth-order valence-electron chi connectivity index (χ4n) is 3.21. The Hall–Kier alpha value is -0.800. The van der Waals surface area contributed by atoms with Crippen LogP contribution in [-0.4, -0.2) is 30.1 Å². The van der Waals surface area contributed by atoms with Gasteiger partial charge in [-0.3, -0.25) is 4.90 Å². The van der Waals surface area contributed by atoms with E-state index >= 15 is 0 Å². The smallest absolute Gasteiger partial charge is 0.121 e. The molecular weight excluding hydrogens is 236 g/mol. The molecule has 2 atom stereocenters. The van der Waals surface area contributed by atoms with Crippen molar-refractivity contribution in [1.82, 2.24) is 10.2 Å². The van der Waals surface area contributed by atoms with Crippen molar-refractivity contribution in [3.63, 3.8) is 0 Å². The van der Waals surface area contributed by atoms with Gasteiger partial charge in [0.05, 0.1) is 6.04 Å². The van der Waals surface area contributed by atoms with Gasteiger partial charge >= 0.3 is 0 Å². The summed E-state index contributed by atoms with van der Waals surface area (Å²) in [7, 11) is 0. The summed E-state index contributed by atoms with van der Waals surface area (Å²) in [5.41, 5.74) is 0. The molecule has 2 heterocycles. The first-order chi connectivity index (χ1) is 9.24. The topological polar surface area (TPSA) is 28.4 Å². The second kappa shape index (κ2) is 5.68. The predicted molar refractivity (Wildman–Crippen MR) is 77.2 cm³/mol. The van der Waals surface area contributed by atoms with Gasteiger partial charge in [0.15, 0.2) is 0 Å². The third-order valence-electron chi connectivity index (χ3n) is 4.53. The van der Waals surface area contributed by atoms with Gasteiger partial charge in [-0.2, -0.15) is 0 Å². The highest BCUT2D eigenvalue weighted by Crippen LogP contribution is 2.35. The summed E-state index contributed by atoms with van der Waals surface area (Å²) in [6.07, 6.45) is 6.76. The minimum absolute atomic E-state index is 0.407. The summed E-state index contributed by atoms with van der Waals surface area (Å²) in [6, 6.07) is 6.08. The summed E-state index contributed by atoms with van der Waals surface area (Å²) in [4.78, 5) is 2.65. The highest BCUT2D eigenvalue weighted by Gasteiger charge is 2.35. The number of nitrogens with one attached hydrogen (secondary N) is 1. The average Bonchev–Trinajstić information content (AvgIpc) is 3.18. The van der Waals surface area contributed by atoms with E-state index in [0.29, 0.717) is 12.1 Å². The lowest BCUT2D eigenvalue weighted by Gasteiger charge is -2.33. The molecule has 0 bridgehead atoms. The zero-order valence-electron chi connectivity index (χ0n) is 12.2. The molecule has 3 heteroatoms. The predicted octanol–water partition coefficient (Wildman–Crippen LogP) is 3.26. The van der Waals surface area contributed by atoms with Crippen LogP contribution < -0.4 is 5.32 Å². The van der Waals surface area contributed by atoms with Crippen LogP contribution in [0.3, 0.4) is 0 Å². The van der Waals surface area contributed by atoms with Crippen molar-refractivity contribution in [2.75, 3.05) is 13.1 Å². The van der Waals surface area contributed by atoms with Crippen molar-refractivity contribution in [2.45, 2.75) is 64.1 Å². The molecule has 0 spiro atoms. The molecule has 1 saturated heterocycles. The van der Waals surface area contributed by atoms with E-state index in [1.54, 1.807) is 0 Å². The molecule has 1 aromatic heterocycles. The van der Waals surface area contributed by atoms with Crippen molar-refractivity contribution >= 4 is 0 Å². The summed E-state index contributed by atoms with van der Waals surface area (Å²) in [5.74, 6) is 2.15. The summed E-state index contributed by atoms with van der Waals surface area (Å²) >= 11 is 0. The van der Waals surface area contributed by atoms with Crippen LogP contribution in [0.1, 0.15) is 56.6 Å². The Kier molecular flexibility index (Phi) is 3.94. The first kappa shape index (κ1) is 13.2. The van der Waals surface area contributed by atoms with E-state index in [4.69, 9.17) is 4.42 Å². The molecule has 1 N–H and O–H groups in total. The van der Waals surface area contributed by atoms with Crippen LogP contribution >= 0.6 is 0 Å². The Morgan fingerprint density at radius 3 is 2.74 bits per heavy atom. The Morgan fingerprint density at radius 2 is 2.16 bits per heavy atom. The van der Waals surface area contributed by atoms with Gasteiger partial charge < -0.3 is 9.73 Å². The maximum atomic E-state index is 5.83. The molecule has 2 fully saturated rings.